The summed E-state index contributed by atoms with van der Waals surface area (Å²) in [6.07, 6.45) is 0. The zero-order valence-corrected chi connectivity index (χ0v) is 11.9. The Hall–Kier alpha value is -2.53. The number of hydrogen-bond acceptors (Lipinski definition) is 5. The number of nitrogens with one attached hydrogen (secondary N) is 1. The number of fused-ring (bicyclic) bond motifs is 1. The molecule has 5 N–H and O–H groups in total. The highest BCUT2D eigenvalue weighted by Gasteiger charge is 2.05. The van der Waals surface area contributed by atoms with Gasteiger partial charge in [-0.25, -0.2) is 4.98 Å². The minimum absolute atomic E-state index is 0.178. The van der Waals surface area contributed by atoms with E-state index >= 15 is 0 Å². The van der Waals surface area contributed by atoms with Gasteiger partial charge in [0.15, 0.2) is 0 Å². The van der Waals surface area contributed by atoms with Gasteiger partial charge in [0.1, 0.15) is 5.82 Å². The fourth-order valence-electron chi connectivity index (χ4n) is 2.12. The monoisotopic (exact) mass is 299 g/mol. The molecule has 0 radical (unpaired) electrons. The van der Waals surface area contributed by atoms with Crippen LogP contribution in [0.25, 0.3) is 10.9 Å². The summed E-state index contributed by atoms with van der Waals surface area (Å²) in [5.41, 5.74) is 14.1. The zero-order chi connectivity index (χ0) is 14.8. The van der Waals surface area contributed by atoms with Gasteiger partial charge in [0, 0.05) is 22.6 Å². The van der Waals surface area contributed by atoms with Crippen molar-refractivity contribution < 1.29 is 0 Å². The van der Waals surface area contributed by atoms with E-state index in [9.17, 15) is 0 Å². The average Bonchev–Trinajstić information content (AvgIpc) is 2.46. The van der Waals surface area contributed by atoms with Crippen LogP contribution in [0.4, 0.5) is 17.5 Å². The second-order valence-electron chi connectivity index (χ2n) is 4.64. The quantitative estimate of drug-likeness (QED) is 0.691. The molecule has 1 aromatic heterocycles. The lowest BCUT2D eigenvalue weighted by Gasteiger charge is -2.09. The van der Waals surface area contributed by atoms with Gasteiger partial charge >= 0.3 is 0 Å². The van der Waals surface area contributed by atoms with E-state index < -0.39 is 0 Å². The van der Waals surface area contributed by atoms with E-state index in [0.717, 1.165) is 27.2 Å². The first-order valence-electron chi connectivity index (χ1n) is 6.43. The van der Waals surface area contributed by atoms with Crippen molar-refractivity contribution in [2.24, 2.45) is 0 Å². The SMILES string of the molecule is Nc1nc(N)c2cc(NCc3ccccc3Cl)ccc2n1. The Balaban J connectivity index is 1.87. The molecule has 0 aliphatic rings. The first kappa shape index (κ1) is 13.5. The number of nitrogens with two attached hydrogens (primary N) is 2. The Morgan fingerprint density at radius 1 is 1.05 bits per heavy atom. The number of rotatable bonds is 3. The van der Waals surface area contributed by atoms with Gasteiger partial charge < -0.3 is 16.8 Å². The van der Waals surface area contributed by atoms with Crippen LogP contribution < -0.4 is 16.8 Å². The molecule has 5 nitrogen and oxygen atoms in total. The third-order valence-electron chi connectivity index (χ3n) is 3.18. The molecular weight excluding hydrogens is 286 g/mol. The standard InChI is InChI=1S/C15H14ClN5/c16-12-4-2-1-3-9(12)8-19-10-5-6-13-11(7-10)14(17)21-15(18)20-13/h1-7,19H,8H2,(H4,17,18,20,21). The van der Waals surface area contributed by atoms with E-state index in [2.05, 4.69) is 15.3 Å². The number of halogens is 1. The maximum atomic E-state index is 6.13. The van der Waals surface area contributed by atoms with Crippen LogP contribution in [0, 0.1) is 0 Å². The molecule has 21 heavy (non-hydrogen) atoms. The maximum Gasteiger partial charge on any atom is 0.222 e. The summed E-state index contributed by atoms with van der Waals surface area (Å²) in [5.74, 6) is 0.552. The molecule has 0 bridgehead atoms. The molecule has 3 aromatic rings. The molecule has 0 spiro atoms. The van der Waals surface area contributed by atoms with Crippen molar-refractivity contribution in [3.05, 3.63) is 53.1 Å². The largest absolute Gasteiger partial charge is 0.383 e. The van der Waals surface area contributed by atoms with Crippen molar-refractivity contribution in [3.8, 4) is 0 Å². The summed E-state index contributed by atoms with van der Waals surface area (Å²) >= 11 is 6.13. The molecule has 0 saturated carbocycles. The van der Waals surface area contributed by atoms with Crippen molar-refractivity contribution in [2.45, 2.75) is 6.54 Å². The van der Waals surface area contributed by atoms with E-state index in [4.69, 9.17) is 23.1 Å². The van der Waals surface area contributed by atoms with Crippen molar-refractivity contribution in [2.75, 3.05) is 16.8 Å². The summed E-state index contributed by atoms with van der Waals surface area (Å²) in [7, 11) is 0. The average molecular weight is 300 g/mol. The predicted molar refractivity (Wildman–Crippen MR) is 87.1 cm³/mol. The van der Waals surface area contributed by atoms with E-state index in [-0.39, 0.29) is 5.95 Å². The minimum Gasteiger partial charge on any atom is -0.383 e. The van der Waals surface area contributed by atoms with Crippen molar-refractivity contribution in [3.63, 3.8) is 0 Å². The summed E-state index contributed by atoms with van der Waals surface area (Å²) < 4.78 is 0. The first-order chi connectivity index (χ1) is 10.1. The first-order valence-corrected chi connectivity index (χ1v) is 6.81. The second kappa shape index (κ2) is 5.46. The van der Waals surface area contributed by atoms with Gasteiger partial charge in [-0.2, -0.15) is 4.98 Å². The molecule has 0 fully saturated rings. The molecule has 1 heterocycles. The molecule has 0 amide bonds. The third kappa shape index (κ3) is 2.83. The van der Waals surface area contributed by atoms with Crippen LogP contribution in [-0.2, 0) is 6.54 Å². The van der Waals surface area contributed by atoms with E-state index in [1.54, 1.807) is 0 Å². The molecule has 0 aliphatic heterocycles. The number of benzene rings is 2. The van der Waals surface area contributed by atoms with Crippen molar-refractivity contribution in [1.29, 1.82) is 0 Å². The number of aromatic nitrogens is 2. The van der Waals surface area contributed by atoms with Gasteiger partial charge in [-0.15, -0.1) is 0 Å². The van der Waals surface area contributed by atoms with Gasteiger partial charge in [-0.3, -0.25) is 0 Å². The fraction of sp³-hybridized carbons (Fsp3) is 0.0667. The fourth-order valence-corrected chi connectivity index (χ4v) is 2.32. The van der Waals surface area contributed by atoms with Crippen LogP contribution in [0.2, 0.25) is 5.02 Å². The molecule has 0 atom stereocenters. The lowest BCUT2D eigenvalue weighted by molar-refractivity contribution is 1.15. The highest BCUT2D eigenvalue weighted by molar-refractivity contribution is 6.31. The molecule has 0 aliphatic carbocycles. The van der Waals surface area contributed by atoms with Crippen molar-refractivity contribution >= 4 is 40.0 Å². The topological polar surface area (TPSA) is 89.8 Å². The van der Waals surface area contributed by atoms with E-state index in [0.29, 0.717) is 12.4 Å². The van der Waals surface area contributed by atoms with E-state index in [1.807, 2.05) is 42.5 Å². The van der Waals surface area contributed by atoms with Crippen LogP contribution in [0.3, 0.4) is 0 Å². The summed E-state index contributed by atoms with van der Waals surface area (Å²) in [6.45, 7) is 0.626. The molecular formula is C15H14ClN5. The molecule has 3 rings (SSSR count). The Kier molecular flexibility index (Phi) is 3.50. The molecule has 2 aromatic carbocycles. The lowest BCUT2D eigenvalue weighted by Crippen LogP contribution is -2.02. The Labute approximate surface area is 127 Å². The highest BCUT2D eigenvalue weighted by atomic mass is 35.5. The van der Waals surface area contributed by atoms with Crippen molar-refractivity contribution in [1.82, 2.24) is 9.97 Å². The normalized spacial score (nSPS) is 10.7. The smallest absolute Gasteiger partial charge is 0.222 e. The number of nitrogen functional groups attached to an aromatic ring is 2. The Morgan fingerprint density at radius 3 is 2.67 bits per heavy atom. The molecule has 6 heteroatoms. The third-order valence-corrected chi connectivity index (χ3v) is 3.55. The van der Waals surface area contributed by atoms with Crippen LogP contribution in [0.15, 0.2) is 42.5 Å². The van der Waals surface area contributed by atoms with Crippen LogP contribution in [-0.4, -0.2) is 9.97 Å². The summed E-state index contributed by atoms with van der Waals surface area (Å²) in [6, 6.07) is 13.4. The molecule has 0 unspecified atom stereocenters. The Morgan fingerprint density at radius 2 is 1.86 bits per heavy atom. The van der Waals surface area contributed by atoms with Crippen LogP contribution >= 0.6 is 11.6 Å². The second-order valence-corrected chi connectivity index (χ2v) is 5.05. The number of nitrogens with zero attached hydrogens (tertiary/aromatic N) is 2. The van der Waals surface area contributed by atoms with Gasteiger partial charge in [0.05, 0.1) is 5.52 Å². The zero-order valence-electron chi connectivity index (χ0n) is 11.2. The van der Waals surface area contributed by atoms with Crippen LogP contribution in [0.5, 0.6) is 0 Å². The van der Waals surface area contributed by atoms with Crippen LogP contribution in [0.1, 0.15) is 5.56 Å². The summed E-state index contributed by atoms with van der Waals surface area (Å²) in [4.78, 5) is 8.12. The lowest BCUT2D eigenvalue weighted by atomic mass is 10.2. The maximum absolute atomic E-state index is 6.13. The predicted octanol–water partition coefficient (Wildman–Crippen LogP) is 3.06. The number of anilines is 3. The highest BCUT2D eigenvalue weighted by Crippen LogP contribution is 2.23. The van der Waals surface area contributed by atoms with Gasteiger partial charge in [-0.05, 0) is 29.8 Å². The van der Waals surface area contributed by atoms with E-state index in [1.165, 1.54) is 0 Å². The van der Waals surface area contributed by atoms with Gasteiger partial charge in [-0.1, -0.05) is 29.8 Å². The molecule has 106 valence electrons. The Bertz CT molecular complexity index is 803. The molecule has 0 saturated heterocycles. The number of hydrogen-bond donors (Lipinski definition) is 3. The minimum atomic E-state index is 0.178. The summed E-state index contributed by atoms with van der Waals surface area (Å²) in [5, 5.41) is 4.82. The van der Waals surface area contributed by atoms with Gasteiger partial charge in [0.25, 0.3) is 0 Å². The van der Waals surface area contributed by atoms with Gasteiger partial charge in [0.2, 0.25) is 5.95 Å².